The molecule has 0 aliphatic rings. The zero-order chi connectivity index (χ0) is 18.7. The summed E-state index contributed by atoms with van der Waals surface area (Å²) >= 11 is 5.81. The lowest BCUT2D eigenvalue weighted by molar-refractivity contribution is -0.119. The Morgan fingerprint density at radius 3 is 2.65 bits per heavy atom. The second-order valence-electron chi connectivity index (χ2n) is 5.43. The van der Waals surface area contributed by atoms with Crippen LogP contribution >= 0.6 is 11.6 Å². The third kappa shape index (κ3) is 3.75. The van der Waals surface area contributed by atoms with Gasteiger partial charge in [0.25, 0.3) is 5.91 Å². The molecule has 0 spiro atoms. The van der Waals surface area contributed by atoms with Crippen molar-refractivity contribution in [3.63, 3.8) is 0 Å². The summed E-state index contributed by atoms with van der Waals surface area (Å²) in [7, 11) is 0. The first-order valence-corrected chi connectivity index (χ1v) is 7.96. The summed E-state index contributed by atoms with van der Waals surface area (Å²) in [5, 5.41) is 13.9. The number of nitrogens with one attached hydrogen (secondary N) is 1. The number of rotatable bonds is 4. The molecule has 0 bridgehead atoms. The minimum Gasteiger partial charge on any atom is -0.506 e. The van der Waals surface area contributed by atoms with Gasteiger partial charge in [-0.2, -0.15) is 0 Å². The Bertz CT molecular complexity index is 1010. The van der Waals surface area contributed by atoms with Gasteiger partial charge >= 0.3 is 5.97 Å². The number of esters is 1. The van der Waals surface area contributed by atoms with Gasteiger partial charge in [0, 0.05) is 5.39 Å². The first-order valence-electron chi connectivity index (χ1n) is 7.58. The summed E-state index contributed by atoms with van der Waals surface area (Å²) < 4.78 is 17.9. The number of amides is 1. The topological polar surface area (TPSA) is 75.6 Å². The van der Waals surface area contributed by atoms with E-state index in [1.54, 1.807) is 24.3 Å². The number of benzene rings is 3. The van der Waals surface area contributed by atoms with E-state index in [0.29, 0.717) is 5.39 Å². The molecule has 3 aromatic carbocycles. The van der Waals surface area contributed by atoms with Crippen molar-refractivity contribution in [1.29, 1.82) is 0 Å². The Hall–Kier alpha value is -3.12. The van der Waals surface area contributed by atoms with E-state index in [1.807, 2.05) is 6.07 Å². The van der Waals surface area contributed by atoms with Gasteiger partial charge in [-0.3, -0.25) is 4.79 Å². The number of ether oxygens (including phenoxy) is 1. The maximum absolute atomic E-state index is 13.0. The summed E-state index contributed by atoms with van der Waals surface area (Å²) in [4.78, 5) is 24.0. The van der Waals surface area contributed by atoms with Gasteiger partial charge in [-0.05, 0) is 29.7 Å². The molecule has 0 radical (unpaired) electrons. The number of carbonyl (C=O) groups excluding carboxylic acids is 2. The van der Waals surface area contributed by atoms with E-state index in [9.17, 15) is 19.1 Å². The lowest BCUT2D eigenvalue weighted by atomic mass is 10.1. The van der Waals surface area contributed by atoms with Gasteiger partial charge in [0.15, 0.2) is 6.61 Å². The highest BCUT2D eigenvalue weighted by Gasteiger charge is 2.17. The molecule has 5 nitrogen and oxygen atoms in total. The predicted octanol–water partition coefficient (Wildman–Crippen LogP) is 4.13. The predicted molar refractivity (Wildman–Crippen MR) is 95.9 cm³/mol. The largest absolute Gasteiger partial charge is 0.506 e. The van der Waals surface area contributed by atoms with Gasteiger partial charge in [-0.25, -0.2) is 9.18 Å². The van der Waals surface area contributed by atoms with Crippen LogP contribution in [0.3, 0.4) is 0 Å². The Labute approximate surface area is 153 Å². The molecule has 0 aromatic heterocycles. The number of phenolic OH excluding ortho intramolecular Hbond substituents is 1. The van der Waals surface area contributed by atoms with Gasteiger partial charge in [-0.15, -0.1) is 0 Å². The van der Waals surface area contributed by atoms with Crippen LogP contribution in [0, 0.1) is 5.82 Å². The lowest BCUT2D eigenvalue weighted by Gasteiger charge is -2.10. The molecule has 7 heteroatoms. The van der Waals surface area contributed by atoms with Gasteiger partial charge in [-0.1, -0.05) is 41.9 Å². The van der Waals surface area contributed by atoms with Crippen molar-refractivity contribution in [2.75, 3.05) is 11.9 Å². The van der Waals surface area contributed by atoms with E-state index in [0.717, 1.165) is 17.5 Å². The highest BCUT2D eigenvalue weighted by molar-refractivity contribution is 6.33. The molecule has 0 unspecified atom stereocenters. The van der Waals surface area contributed by atoms with Crippen LogP contribution in [0.1, 0.15) is 10.4 Å². The van der Waals surface area contributed by atoms with E-state index in [2.05, 4.69) is 5.32 Å². The van der Waals surface area contributed by atoms with Crippen LogP contribution in [0.25, 0.3) is 10.8 Å². The molecular formula is C19H13ClFNO4. The number of hydrogen-bond donors (Lipinski definition) is 2. The Morgan fingerprint density at radius 1 is 1.12 bits per heavy atom. The maximum atomic E-state index is 13.0. The summed E-state index contributed by atoms with van der Waals surface area (Å²) in [6.07, 6.45) is 0. The molecule has 3 aromatic rings. The number of halogens is 2. The number of hydrogen-bond acceptors (Lipinski definition) is 4. The normalized spacial score (nSPS) is 10.5. The van der Waals surface area contributed by atoms with E-state index < -0.39 is 24.3 Å². The third-order valence-electron chi connectivity index (χ3n) is 3.66. The molecule has 0 heterocycles. The molecule has 0 aliphatic carbocycles. The van der Waals surface area contributed by atoms with E-state index >= 15 is 0 Å². The SMILES string of the molecule is O=C(COC(=O)c1ccc2ccccc2c1O)Nc1ccc(F)cc1Cl. The van der Waals surface area contributed by atoms with Crippen molar-refractivity contribution in [1.82, 2.24) is 0 Å². The average Bonchev–Trinajstić information content (AvgIpc) is 2.62. The Kier molecular flexibility index (Phi) is 5.04. The minimum atomic E-state index is -0.839. The molecule has 0 aliphatic heterocycles. The number of fused-ring (bicyclic) bond motifs is 1. The molecular weight excluding hydrogens is 361 g/mol. The molecule has 2 N–H and O–H groups in total. The summed E-state index contributed by atoms with van der Waals surface area (Å²) in [6, 6.07) is 13.6. The van der Waals surface area contributed by atoms with Crippen molar-refractivity contribution in [2.24, 2.45) is 0 Å². The fraction of sp³-hybridized carbons (Fsp3) is 0.0526. The van der Waals surface area contributed by atoms with Crippen molar-refractivity contribution in [3.8, 4) is 5.75 Å². The number of aromatic hydroxyl groups is 1. The van der Waals surface area contributed by atoms with E-state index in [1.165, 1.54) is 12.1 Å². The fourth-order valence-electron chi connectivity index (χ4n) is 2.41. The Morgan fingerprint density at radius 2 is 1.88 bits per heavy atom. The molecule has 0 saturated heterocycles. The first-order chi connectivity index (χ1) is 12.5. The van der Waals surface area contributed by atoms with Gasteiger partial charge in [0.05, 0.1) is 10.7 Å². The molecule has 1 amide bonds. The average molecular weight is 374 g/mol. The molecule has 0 fully saturated rings. The lowest BCUT2D eigenvalue weighted by Crippen LogP contribution is -2.21. The zero-order valence-corrected chi connectivity index (χ0v) is 14.1. The molecule has 132 valence electrons. The fourth-order valence-corrected chi connectivity index (χ4v) is 2.62. The van der Waals surface area contributed by atoms with Crippen molar-refractivity contribution in [2.45, 2.75) is 0 Å². The molecule has 26 heavy (non-hydrogen) atoms. The van der Waals surface area contributed by atoms with Crippen molar-refractivity contribution >= 4 is 39.9 Å². The second kappa shape index (κ2) is 7.41. The first kappa shape index (κ1) is 17.7. The highest BCUT2D eigenvalue weighted by atomic mass is 35.5. The molecule has 3 rings (SSSR count). The van der Waals surface area contributed by atoms with Crippen molar-refractivity contribution < 1.29 is 23.8 Å². The highest BCUT2D eigenvalue weighted by Crippen LogP contribution is 2.29. The maximum Gasteiger partial charge on any atom is 0.342 e. The monoisotopic (exact) mass is 373 g/mol. The van der Waals surface area contributed by atoms with Crippen LogP contribution in [-0.4, -0.2) is 23.6 Å². The molecule has 0 atom stereocenters. The summed E-state index contributed by atoms with van der Waals surface area (Å²) in [5.74, 6) is -2.23. The van der Waals surface area contributed by atoms with Gasteiger partial charge < -0.3 is 15.2 Å². The van der Waals surface area contributed by atoms with Crippen molar-refractivity contribution in [3.05, 3.63) is 71.0 Å². The Balaban J connectivity index is 1.67. The van der Waals surface area contributed by atoms with Crippen LogP contribution < -0.4 is 5.32 Å². The standard InChI is InChI=1S/C19H13ClFNO4/c20-15-9-12(21)6-8-16(15)22-17(23)10-26-19(25)14-7-5-11-3-1-2-4-13(11)18(14)24/h1-9,24H,10H2,(H,22,23). The third-order valence-corrected chi connectivity index (χ3v) is 3.97. The minimum absolute atomic E-state index is 0.0249. The summed E-state index contributed by atoms with van der Waals surface area (Å²) in [5.41, 5.74) is 0.152. The quantitative estimate of drug-likeness (QED) is 0.674. The van der Waals surface area contributed by atoms with Crippen LogP contribution in [0.5, 0.6) is 5.75 Å². The van der Waals surface area contributed by atoms with Gasteiger partial charge in [0.1, 0.15) is 17.1 Å². The van der Waals surface area contributed by atoms with E-state index in [4.69, 9.17) is 16.3 Å². The van der Waals surface area contributed by atoms with Crippen LogP contribution in [0.15, 0.2) is 54.6 Å². The molecule has 0 saturated carbocycles. The van der Waals surface area contributed by atoms with E-state index in [-0.39, 0.29) is 22.0 Å². The smallest absolute Gasteiger partial charge is 0.342 e. The van der Waals surface area contributed by atoms with Crippen LogP contribution in [0.4, 0.5) is 10.1 Å². The number of phenols is 1. The number of carbonyl (C=O) groups is 2. The zero-order valence-electron chi connectivity index (χ0n) is 13.3. The summed E-state index contributed by atoms with van der Waals surface area (Å²) in [6.45, 7) is -0.585. The number of anilines is 1. The van der Waals surface area contributed by atoms with Crippen LogP contribution in [0.2, 0.25) is 5.02 Å². The van der Waals surface area contributed by atoms with Crippen LogP contribution in [-0.2, 0) is 9.53 Å². The van der Waals surface area contributed by atoms with Gasteiger partial charge in [0.2, 0.25) is 0 Å². The second-order valence-corrected chi connectivity index (χ2v) is 5.84.